The zero-order valence-electron chi connectivity index (χ0n) is 8.52. The van der Waals surface area contributed by atoms with Crippen LogP contribution in [0.1, 0.15) is 24.8 Å². The molecule has 5 heteroatoms. The largest absolute Gasteiger partial charge is 0.301 e. The Labute approximate surface area is 97.0 Å². The summed E-state index contributed by atoms with van der Waals surface area (Å²) in [4.78, 5) is 3.88. The fraction of sp³-hybridized carbons (Fsp3) is 0.364. The van der Waals surface area contributed by atoms with Gasteiger partial charge in [-0.05, 0) is 30.9 Å². The summed E-state index contributed by atoms with van der Waals surface area (Å²) in [6.07, 6.45) is 0.933. The third-order valence-electron chi connectivity index (χ3n) is 2.11. The Morgan fingerprint density at radius 2 is 1.94 bits per heavy atom. The Hall–Kier alpha value is -1.03. The highest BCUT2D eigenvalue weighted by Gasteiger charge is 2.04. The lowest BCUT2D eigenvalue weighted by molar-refractivity contribution is 0.367. The summed E-state index contributed by atoms with van der Waals surface area (Å²) in [5.74, 6) is -1.31. The lowest BCUT2D eigenvalue weighted by atomic mass is 10.1. The number of unbranched alkanes of at least 4 members (excludes halogenated alkanes) is 1. The van der Waals surface area contributed by atoms with Crippen LogP contribution in [0, 0.1) is 0 Å². The van der Waals surface area contributed by atoms with Gasteiger partial charge in [0.15, 0.2) is 5.83 Å². The second-order valence-electron chi connectivity index (χ2n) is 3.36. The van der Waals surface area contributed by atoms with Crippen LogP contribution in [0.15, 0.2) is 30.2 Å². The van der Waals surface area contributed by atoms with Crippen LogP contribution in [0.4, 0.5) is 13.2 Å². The highest BCUT2D eigenvalue weighted by Crippen LogP contribution is 2.17. The van der Waals surface area contributed by atoms with Crippen molar-refractivity contribution >= 4 is 11.6 Å². The SMILES string of the molecule is FC(F)=C(F)CCCCc1ccc(Cl)nc1. The predicted molar refractivity (Wildman–Crippen MR) is 57.2 cm³/mol. The Morgan fingerprint density at radius 3 is 2.50 bits per heavy atom. The quantitative estimate of drug-likeness (QED) is 0.552. The molecule has 1 nitrogen and oxygen atoms in total. The van der Waals surface area contributed by atoms with Gasteiger partial charge in [-0.3, -0.25) is 0 Å². The number of aryl methyl sites for hydroxylation is 1. The van der Waals surface area contributed by atoms with Crippen molar-refractivity contribution in [3.63, 3.8) is 0 Å². The third-order valence-corrected chi connectivity index (χ3v) is 2.33. The molecular formula is C11H11ClF3N. The summed E-state index contributed by atoms with van der Waals surface area (Å²) < 4.78 is 35.8. The third kappa shape index (κ3) is 4.66. The molecule has 0 saturated carbocycles. The van der Waals surface area contributed by atoms with Crippen LogP contribution < -0.4 is 0 Å². The molecule has 0 saturated heterocycles. The molecular weight excluding hydrogens is 239 g/mol. The molecule has 0 aliphatic rings. The molecule has 0 amide bonds. The number of aromatic nitrogens is 1. The first-order valence-corrected chi connectivity index (χ1v) is 5.27. The fourth-order valence-corrected chi connectivity index (χ4v) is 1.37. The second kappa shape index (κ2) is 6.53. The molecule has 0 aromatic carbocycles. The Balaban J connectivity index is 2.26. The first-order chi connectivity index (χ1) is 7.59. The van der Waals surface area contributed by atoms with Gasteiger partial charge in [-0.15, -0.1) is 0 Å². The van der Waals surface area contributed by atoms with Crippen LogP contribution in [-0.4, -0.2) is 4.98 Å². The number of allylic oxidation sites excluding steroid dienone is 1. The lowest BCUT2D eigenvalue weighted by Gasteiger charge is -2.00. The molecule has 1 aromatic rings. The van der Waals surface area contributed by atoms with Crippen molar-refractivity contribution in [1.29, 1.82) is 0 Å². The van der Waals surface area contributed by atoms with Crippen molar-refractivity contribution in [3.8, 4) is 0 Å². The summed E-state index contributed by atoms with van der Waals surface area (Å²) >= 11 is 5.60. The minimum absolute atomic E-state index is 0.205. The minimum atomic E-state index is -2.21. The van der Waals surface area contributed by atoms with Crippen LogP contribution in [0.3, 0.4) is 0 Å². The van der Waals surface area contributed by atoms with Crippen molar-refractivity contribution in [2.45, 2.75) is 25.7 Å². The van der Waals surface area contributed by atoms with E-state index < -0.39 is 11.9 Å². The maximum atomic E-state index is 12.4. The molecule has 0 bridgehead atoms. The van der Waals surface area contributed by atoms with Crippen LogP contribution in [-0.2, 0) is 6.42 Å². The summed E-state index contributed by atoms with van der Waals surface area (Å²) in [5, 5.41) is 0.414. The van der Waals surface area contributed by atoms with E-state index in [9.17, 15) is 13.2 Å². The molecule has 0 unspecified atom stereocenters. The number of pyridine rings is 1. The fourth-order valence-electron chi connectivity index (χ4n) is 1.26. The zero-order chi connectivity index (χ0) is 12.0. The summed E-state index contributed by atoms with van der Waals surface area (Å²) in [6.45, 7) is 0. The van der Waals surface area contributed by atoms with Gasteiger partial charge in [-0.25, -0.2) is 9.37 Å². The molecule has 0 aliphatic carbocycles. The molecule has 0 fully saturated rings. The van der Waals surface area contributed by atoms with E-state index in [1.165, 1.54) is 0 Å². The summed E-state index contributed by atoms with van der Waals surface area (Å²) in [5.41, 5.74) is 0.967. The Bertz CT molecular complexity index is 358. The van der Waals surface area contributed by atoms with Gasteiger partial charge in [-0.1, -0.05) is 17.7 Å². The number of nitrogens with zero attached hydrogens (tertiary/aromatic N) is 1. The molecule has 0 N–H and O–H groups in total. The van der Waals surface area contributed by atoms with E-state index in [0.29, 0.717) is 24.4 Å². The van der Waals surface area contributed by atoms with E-state index >= 15 is 0 Å². The molecule has 1 rings (SSSR count). The van der Waals surface area contributed by atoms with Crippen molar-refractivity contribution in [1.82, 2.24) is 4.98 Å². The predicted octanol–water partition coefficient (Wildman–Crippen LogP) is 4.53. The first-order valence-electron chi connectivity index (χ1n) is 4.89. The summed E-state index contributed by atoms with van der Waals surface area (Å²) in [7, 11) is 0. The zero-order valence-corrected chi connectivity index (χ0v) is 9.28. The molecule has 0 spiro atoms. The van der Waals surface area contributed by atoms with Crippen molar-refractivity contribution in [2.75, 3.05) is 0 Å². The van der Waals surface area contributed by atoms with Gasteiger partial charge in [0, 0.05) is 12.6 Å². The van der Waals surface area contributed by atoms with E-state index in [0.717, 1.165) is 5.56 Å². The van der Waals surface area contributed by atoms with Gasteiger partial charge in [0.1, 0.15) is 5.15 Å². The number of hydrogen-bond acceptors (Lipinski definition) is 1. The standard InChI is InChI=1S/C11H11ClF3N/c12-10-6-5-8(7-16-10)3-1-2-4-9(13)11(14)15/h5-7H,1-4H2. The minimum Gasteiger partial charge on any atom is -0.244 e. The molecule has 1 aromatic heterocycles. The first kappa shape index (κ1) is 13.0. The average Bonchev–Trinajstić information content (AvgIpc) is 2.26. The molecule has 0 atom stereocenters. The van der Waals surface area contributed by atoms with Gasteiger partial charge in [0.2, 0.25) is 0 Å². The smallest absolute Gasteiger partial charge is 0.244 e. The maximum absolute atomic E-state index is 12.4. The van der Waals surface area contributed by atoms with E-state index in [1.807, 2.05) is 6.07 Å². The van der Waals surface area contributed by atoms with Crippen LogP contribution in [0.2, 0.25) is 5.15 Å². The maximum Gasteiger partial charge on any atom is 0.301 e. The topological polar surface area (TPSA) is 12.9 Å². The Kier molecular flexibility index (Phi) is 5.32. The number of halogens is 4. The van der Waals surface area contributed by atoms with Crippen LogP contribution in [0.25, 0.3) is 0 Å². The molecule has 0 aliphatic heterocycles. The highest BCUT2D eigenvalue weighted by atomic mass is 35.5. The molecule has 88 valence electrons. The average molecular weight is 250 g/mol. The van der Waals surface area contributed by atoms with E-state index in [4.69, 9.17) is 11.6 Å². The Morgan fingerprint density at radius 1 is 1.19 bits per heavy atom. The number of rotatable bonds is 5. The van der Waals surface area contributed by atoms with Crippen molar-refractivity contribution < 1.29 is 13.2 Å². The van der Waals surface area contributed by atoms with Crippen molar-refractivity contribution in [2.24, 2.45) is 0 Å². The molecule has 16 heavy (non-hydrogen) atoms. The molecule has 0 radical (unpaired) electrons. The second-order valence-corrected chi connectivity index (χ2v) is 3.75. The van der Waals surface area contributed by atoms with Gasteiger partial charge >= 0.3 is 6.08 Å². The highest BCUT2D eigenvalue weighted by molar-refractivity contribution is 6.29. The monoisotopic (exact) mass is 249 g/mol. The lowest BCUT2D eigenvalue weighted by Crippen LogP contribution is -1.88. The van der Waals surface area contributed by atoms with E-state index in [1.54, 1.807) is 12.3 Å². The molecule has 1 heterocycles. The number of hydrogen-bond donors (Lipinski definition) is 0. The van der Waals surface area contributed by atoms with Crippen LogP contribution in [0.5, 0.6) is 0 Å². The van der Waals surface area contributed by atoms with Crippen LogP contribution >= 0.6 is 11.6 Å². The van der Waals surface area contributed by atoms with E-state index in [2.05, 4.69) is 4.98 Å². The normalized spacial score (nSPS) is 10.2. The summed E-state index contributed by atoms with van der Waals surface area (Å²) in [6, 6.07) is 3.48. The van der Waals surface area contributed by atoms with Gasteiger partial charge in [0.05, 0.1) is 0 Å². The van der Waals surface area contributed by atoms with Crippen molar-refractivity contribution in [3.05, 3.63) is 41.0 Å². The van der Waals surface area contributed by atoms with E-state index in [-0.39, 0.29) is 6.42 Å². The van der Waals surface area contributed by atoms with Gasteiger partial charge in [-0.2, -0.15) is 8.78 Å². The van der Waals surface area contributed by atoms with Gasteiger partial charge < -0.3 is 0 Å². The van der Waals surface area contributed by atoms with Gasteiger partial charge in [0.25, 0.3) is 0 Å².